The fourth-order valence-corrected chi connectivity index (χ4v) is 5.37. The fourth-order valence-electron chi connectivity index (χ4n) is 5.12. The molecular formula is C34H46ClFN8O. The third-order valence-corrected chi connectivity index (χ3v) is 7.69. The average Bonchev–Trinajstić information content (AvgIpc) is 3.44. The maximum Gasteiger partial charge on any atom is 0.354 e. The third-order valence-electron chi connectivity index (χ3n) is 7.41. The van der Waals surface area contributed by atoms with Gasteiger partial charge in [0.2, 0.25) is 0 Å². The number of nitrogens with one attached hydrogen (secondary N) is 2. The fraction of sp³-hybridized carbons (Fsp3) is 0.382. The van der Waals surface area contributed by atoms with Crippen molar-refractivity contribution in [2.24, 2.45) is 22.2 Å². The van der Waals surface area contributed by atoms with Crippen molar-refractivity contribution in [2.75, 3.05) is 19.6 Å². The first kappa shape index (κ1) is 35.6. The SMILES string of the molecule is C=C.CCCC(NCCCN=C(N)CN)c1ccc(-n2cc3cc(-c4cc(CCCC(C)N)cc(Cl)c4F)[nH]c3nc2=O)cc1. The molecule has 0 aliphatic heterocycles. The Kier molecular flexibility index (Phi) is 13.9. The molecule has 2 aromatic heterocycles. The molecule has 0 spiro atoms. The number of benzene rings is 2. The highest BCUT2D eigenvalue weighted by molar-refractivity contribution is 6.31. The number of aromatic amines is 1. The number of H-pyrrole nitrogens is 1. The Morgan fingerprint density at radius 3 is 2.58 bits per heavy atom. The summed E-state index contributed by atoms with van der Waals surface area (Å²) in [4.78, 5) is 24.6. The van der Waals surface area contributed by atoms with E-state index >= 15 is 4.39 Å². The molecule has 0 saturated heterocycles. The summed E-state index contributed by atoms with van der Waals surface area (Å²) in [5.41, 5.74) is 20.6. The predicted octanol–water partition coefficient (Wildman–Crippen LogP) is 5.78. The molecule has 242 valence electrons. The van der Waals surface area contributed by atoms with Gasteiger partial charge in [-0.25, -0.2) is 9.18 Å². The van der Waals surface area contributed by atoms with Gasteiger partial charge in [-0.05, 0) is 87.0 Å². The second-order valence-electron chi connectivity index (χ2n) is 11.0. The van der Waals surface area contributed by atoms with E-state index in [1.807, 2.05) is 31.2 Å². The normalized spacial score (nSPS) is 13.0. The molecule has 0 amide bonds. The lowest BCUT2D eigenvalue weighted by Gasteiger charge is -2.19. The first-order valence-electron chi connectivity index (χ1n) is 15.4. The van der Waals surface area contributed by atoms with Gasteiger partial charge in [0.1, 0.15) is 11.5 Å². The number of nitrogens with zero attached hydrogens (tertiary/aromatic N) is 3. The molecule has 4 aromatic rings. The minimum absolute atomic E-state index is 0.0558. The Labute approximate surface area is 269 Å². The number of aryl methyl sites for hydroxylation is 1. The highest BCUT2D eigenvalue weighted by Crippen LogP contribution is 2.31. The highest BCUT2D eigenvalue weighted by atomic mass is 35.5. The Balaban J connectivity index is 0.00000271. The second-order valence-corrected chi connectivity index (χ2v) is 11.4. The Bertz CT molecular complexity index is 1610. The van der Waals surface area contributed by atoms with Crippen LogP contribution in [-0.2, 0) is 6.42 Å². The van der Waals surface area contributed by atoms with E-state index in [0.717, 1.165) is 56.2 Å². The molecule has 2 heterocycles. The quantitative estimate of drug-likeness (QED) is 0.0482. The molecule has 8 N–H and O–H groups in total. The number of rotatable bonds is 15. The summed E-state index contributed by atoms with van der Waals surface area (Å²) in [6.45, 7) is 11.8. The predicted molar refractivity (Wildman–Crippen MR) is 186 cm³/mol. The summed E-state index contributed by atoms with van der Waals surface area (Å²) in [5.74, 6) is -0.0494. The molecule has 9 nitrogen and oxygen atoms in total. The number of aromatic nitrogens is 3. The maximum atomic E-state index is 15.1. The number of aliphatic imine (C=N–C) groups is 1. The highest BCUT2D eigenvalue weighted by Gasteiger charge is 2.16. The van der Waals surface area contributed by atoms with Crippen LogP contribution in [0.4, 0.5) is 4.39 Å². The van der Waals surface area contributed by atoms with Gasteiger partial charge in [-0.3, -0.25) is 9.56 Å². The van der Waals surface area contributed by atoms with E-state index in [-0.39, 0.29) is 23.7 Å². The minimum Gasteiger partial charge on any atom is -0.386 e. The molecule has 2 unspecified atom stereocenters. The van der Waals surface area contributed by atoms with Crippen molar-refractivity contribution in [2.45, 2.75) is 64.5 Å². The third kappa shape index (κ3) is 9.83. The summed E-state index contributed by atoms with van der Waals surface area (Å²) in [6.07, 6.45) is 7.05. The molecule has 4 rings (SSSR count). The number of nitrogens with two attached hydrogens (primary N) is 3. The molecule has 0 radical (unpaired) electrons. The van der Waals surface area contributed by atoms with Crippen LogP contribution in [0.1, 0.15) is 63.1 Å². The summed E-state index contributed by atoms with van der Waals surface area (Å²) in [5, 5.41) is 4.33. The van der Waals surface area contributed by atoms with Gasteiger partial charge in [-0.2, -0.15) is 4.98 Å². The van der Waals surface area contributed by atoms with Crippen LogP contribution in [0.25, 0.3) is 28.0 Å². The van der Waals surface area contributed by atoms with E-state index in [4.69, 9.17) is 28.8 Å². The number of fused-ring (bicyclic) bond motifs is 1. The minimum atomic E-state index is -0.516. The largest absolute Gasteiger partial charge is 0.386 e. The zero-order chi connectivity index (χ0) is 32.9. The van der Waals surface area contributed by atoms with Crippen molar-refractivity contribution in [3.05, 3.63) is 94.3 Å². The Hall–Kier alpha value is -3.83. The molecular weight excluding hydrogens is 591 g/mol. The van der Waals surface area contributed by atoms with Crippen LogP contribution >= 0.6 is 11.6 Å². The zero-order valence-corrected chi connectivity index (χ0v) is 27.0. The molecule has 2 atom stereocenters. The van der Waals surface area contributed by atoms with Gasteiger partial charge in [0, 0.05) is 35.8 Å². The average molecular weight is 637 g/mol. The smallest absolute Gasteiger partial charge is 0.354 e. The van der Waals surface area contributed by atoms with E-state index in [2.05, 4.69) is 40.4 Å². The maximum absolute atomic E-state index is 15.1. The van der Waals surface area contributed by atoms with Gasteiger partial charge in [-0.15, -0.1) is 13.2 Å². The van der Waals surface area contributed by atoms with Crippen LogP contribution in [-0.4, -0.2) is 46.0 Å². The van der Waals surface area contributed by atoms with Crippen LogP contribution in [0.2, 0.25) is 5.02 Å². The summed E-state index contributed by atoms with van der Waals surface area (Å²) < 4.78 is 16.6. The van der Waals surface area contributed by atoms with E-state index < -0.39 is 11.5 Å². The molecule has 2 aromatic carbocycles. The molecule has 0 saturated carbocycles. The van der Waals surface area contributed by atoms with Crippen LogP contribution in [0, 0.1) is 5.82 Å². The lowest BCUT2D eigenvalue weighted by atomic mass is 10.0. The van der Waals surface area contributed by atoms with Crippen LogP contribution in [0.15, 0.2) is 71.6 Å². The van der Waals surface area contributed by atoms with Gasteiger partial charge in [0.15, 0.2) is 5.82 Å². The van der Waals surface area contributed by atoms with E-state index in [0.29, 0.717) is 40.4 Å². The number of hydrogen-bond acceptors (Lipinski definition) is 6. The molecule has 0 aliphatic carbocycles. The first-order valence-corrected chi connectivity index (χ1v) is 15.8. The van der Waals surface area contributed by atoms with Gasteiger partial charge >= 0.3 is 5.69 Å². The lowest BCUT2D eigenvalue weighted by molar-refractivity contribution is 0.490. The van der Waals surface area contributed by atoms with E-state index in [1.165, 1.54) is 4.57 Å². The van der Waals surface area contributed by atoms with E-state index in [9.17, 15) is 4.79 Å². The molecule has 45 heavy (non-hydrogen) atoms. The standard InChI is InChI=1S/C32H42ClFN8O.C2H4/c1-3-6-27(38-13-5-14-39-29(37)18-35)22-9-11-24(12-10-22)42-19-23-17-28(40-31(23)41-32(42)43)25-15-21(8-4-7-20(2)36)16-26(33)30(25)34;1-2/h9-12,15-17,19-20,27,38H,3-8,13-14,18,35-36H2,1-2H3,(H2,37,39)(H,40,41,43);1-2H2. The van der Waals surface area contributed by atoms with Crippen molar-refractivity contribution in [1.82, 2.24) is 19.9 Å². The molecule has 11 heteroatoms. The Morgan fingerprint density at radius 2 is 1.91 bits per heavy atom. The van der Waals surface area contributed by atoms with Crippen LogP contribution in [0.3, 0.4) is 0 Å². The first-order chi connectivity index (χ1) is 21.7. The van der Waals surface area contributed by atoms with Gasteiger partial charge < -0.3 is 27.5 Å². The van der Waals surface area contributed by atoms with E-state index in [1.54, 1.807) is 24.4 Å². The second kappa shape index (κ2) is 17.6. The van der Waals surface area contributed by atoms with Crippen LogP contribution in [0.5, 0.6) is 0 Å². The van der Waals surface area contributed by atoms with Gasteiger partial charge in [0.25, 0.3) is 0 Å². The lowest BCUT2D eigenvalue weighted by Crippen LogP contribution is -2.25. The zero-order valence-electron chi connectivity index (χ0n) is 26.3. The van der Waals surface area contributed by atoms with Crippen molar-refractivity contribution in [3.8, 4) is 16.9 Å². The topological polar surface area (TPSA) is 153 Å². The number of amidine groups is 1. The number of halogens is 2. The summed E-state index contributed by atoms with van der Waals surface area (Å²) >= 11 is 6.25. The number of hydrogen-bond donors (Lipinski definition) is 5. The molecule has 0 fully saturated rings. The van der Waals surface area contributed by atoms with Gasteiger partial charge in [0.05, 0.1) is 22.9 Å². The molecule has 0 aliphatic rings. The van der Waals surface area contributed by atoms with Crippen molar-refractivity contribution in [1.29, 1.82) is 0 Å². The van der Waals surface area contributed by atoms with Crippen molar-refractivity contribution >= 4 is 28.5 Å². The van der Waals surface area contributed by atoms with Crippen molar-refractivity contribution in [3.63, 3.8) is 0 Å². The summed E-state index contributed by atoms with van der Waals surface area (Å²) in [7, 11) is 0. The van der Waals surface area contributed by atoms with Gasteiger partial charge in [-0.1, -0.05) is 37.1 Å². The monoisotopic (exact) mass is 636 g/mol. The molecule has 0 bridgehead atoms. The Morgan fingerprint density at radius 1 is 1.18 bits per heavy atom. The van der Waals surface area contributed by atoms with Crippen molar-refractivity contribution < 1.29 is 4.39 Å². The van der Waals surface area contributed by atoms with Crippen LogP contribution < -0.4 is 28.2 Å². The summed E-state index contributed by atoms with van der Waals surface area (Å²) in [6, 6.07) is 13.4.